The summed E-state index contributed by atoms with van der Waals surface area (Å²) in [6, 6.07) is 11.5. The molecule has 1 aliphatic carbocycles. The highest BCUT2D eigenvalue weighted by molar-refractivity contribution is 7.80. The van der Waals surface area contributed by atoms with Crippen LogP contribution >= 0.6 is 12.2 Å². The van der Waals surface area contributed by atoms with Crippen LogP contribution in [0.15, 0.2) is 42.7 Å². The van der Waals surface area contributed by atoms with Crippen molar-refractivity contribution in [3.8, 4) is 0 Å². The van der Waals surface area contributed by atoms with Crippen LogP contribution in [-0.2, 0) is 0 Å². The molecule has 29 heavy (non-hydrogen) atoms. The van der Waals surface area contributed by atoms with Crippen LogP contribution in [-0.4, -0.2) is 51.6 Å². The zero-order valence-electron chi connectivity index (χ0n) is 17.6. The molecule has 2 fully saturated rings. The maximum absolute atomic E-state index is 5.81. The first-order valence-corrected chi connectivity index (χ1v) is 11.4. The lowest BCUT2D eigenvalue weighted by Gasteiger charge is -2.32. The van der Waals surface area contributed by atoms with Gasteiger partial charge in [-0.1, -0.05) is 25.3 Å². The molecule has 6 heteroatoms. The minimum Gasteiger partial charge on any atom is -0.352 e. The number of nitrogens with one attached hydrogen (secondary N) is 1. The second-order valence-electron chi connectivity index (χ2n) is 8.61. The number of pyridine rings is 1. The van der Waals surface area contributed by atoms with E-state index in [4.69, 9.17) is 12.2 Å². The zero-order valence-corrected chi connectivity index (χ0v) is 18.4. The van der Waals surface area contributed by atoms with Crippen LogP contribution in [0, 0.1) is 0 Å². The molecule has 4 rings (SSSR count). The van der Waals surface area contributed by atoms with Crippen LogP contribution in [0.4, 0.5) is 0 Å². The summed E-state index contributed by atoms with van der Waals surface area (Å²) in [6.07, 6.45) is 11.8. The van der Waals surface area contributed by atoms with Crippen LogP contribution in [0.1, 0.15) is 68.0 Å². The summed E-state index contributed by atoms with van der Waals surface area (Å²) in [5.74, 6) is 0. The Kier molecular flexibility index (Phi) is 6.50. The van der Waals surface area contributed by atoms with Crippen molar-refractivity contribution in [3.63, 3.8) is 0 Å². The van der Waals surface area contributed by atoms with E-state index in [0.29, 0.717) is 6.04 Å². The van der Waals surface area contributed by atoms with Gasteiger partial charge in [-0.05, 0) is 76.4 Å². The Morgan fingerprint density at radius 3 is 2.69 bits per heavy atom. The van der Waals surface area contributed by atoms with Crippen molar-refractivity contribution < 1.29 is 0 Å². The van der Waals surface area contributed by atoms with Crippen molar-refractivity contribution >= 4 is 17.3 Å². The van der Waals surface area contributed by atoms with Gasteiger partial charge >= 0.3 is 0 Å². The van der Waals surface area contributed by atoms with Gasteiger partial charge in [0.1, 0.15) is 0 Å². The fourth-order valence-corrected chi connectivity index (χ4v) is 5.21. The van der Waals surface area contributed by atoms with E-state index in [1.165, 1.54) is 37.8 Å². The van der Waals surface area contributed by atoms with Gasteiger partial charge in [0.05, 0.1) is 17.8 Å². The molecule has 0 unspecified atom stereocenters. The molecule has 0 radical (unpaired) electrons. The minimum atomic E-state index is 0.0836. The third-order valence-corrected chi connectivity index (χ3v) is 6.64. The van der Waals surface area contributed by atoms with Crippen molar-refractivity contribution in [1.82, 2.24) is 24.7 Å². The van der Waals surface area contributed by atoms with Crippen LogP contribution in [0.25, 0.3) is 0 Å². The quantitative estimate of drug-likeness (QED) is 0.687. The largest absolute Gasteiger partial charge is 0.352 e. The van der Waals surface area contributed by atoms with Crippen LogP contribution < -0.4 is 5.32 Å². The summed E-state index contributed by atoms with van der Waals surface area (Å²) in [7, 11) is 4.26. The number of nitrogens with zero attached hydrogens (tertiary/aromatic N) is 4. The molecule has 156 valence electrons. The molecule has 2 aromatic heterocycles. The van der Waals surface area contributed by atoms with Gasteiger partial charge in [0.15, 0.2) is 5.11 Å². The third-order valence-electron chi connectivity index (χ3n) is 6.29. The van der Waals surface area contributed by atoms with Gasteiger partial charge in [0.25, 0.3) is 0 Å². The zero-order chi connectivity index (χ0) is 20.2. The van der Waals surface area contributed by atoms with E-state index in [-0.39, 0.29) is 12.1 Å². The number of hydrogen-bond acceptors (Lipinski definition) is 3. The Labute approximate surface area is 180 Å². The van der Waals surface area contributed by atoms with Gasteiger partial charge in [0, 0.05) is 30.7 Å². The second kappa shape index (κ2) is 9.26. The maximum Gasteiger partial charge on any atom is 0.170 e. The topological polar surface area (TPSA) is 36.3 Å². The Bertz CT molecular complexity index is 797. The summed E-state index contributed by atoms with van der Waals surface area (Å²) in [6.45, 7) is 2.01. The Morgan fingerprint density at radius 2 is 1.97 bits per heavy atom. The summed E-state index contributed by atoms with van der Waals surface area (Å²) >= 11 is 5.81. The fourth-order valence-electron chi connectivity index (χ4n) is 4.87. The molecule has 1 N–H and O–H groups in total. The minimum absolute atomic E-state index is 0.0836. The van der Waals surface area contributed by atoms with E-state index in [1.807, 2.05) is 12.3 Å². The summed E-state index contributed by atoms with van der Waals surface area (Å²) in [5, 5.41) is 4.44. The number of thiocarbonyl (C=S) groups is 1. The van der Waals surface area contributed by atoms with E-state index in [2.05, 4.69) is 69.2 Å². The van der Waals surface area contributed by atoms with Gasteiger partial charge in [-0.25, -0.2) is 0 Å². The predicted octanol–water partition coefficient (Wildman–Crippen LogP) is 4.31. The monoisotopic (exact) mass is 411 g/mol. The second-order valence-corrected chi connectivity index (χ2v) is 9.00. The van der Waals surface area contributed by atoms with Crippen molar-refractivity contribution in [3.05, 3.63) is 54.1 Å². The van der Waals surface area contributed by atoms with Gasteiger partial charge in [-0.15, -0.1) is 0 Å². The summed E-state index contributed by atoms with van der Waals surface area (Å²) < 4.78 is 2.54. The summed E-state index contributed by atoms with van der Waals surface area (Å²) in [5.41, 5.74) is 2.43. The first kappa shape index (κ1) is 20.4. The van der Waals surface area contributed by atoms with Crippen molar-refractivity contribution in [2.24, 2.45) is 0 Å². The van der Waals surface area contributed by atoms with Crippen LogP contribution in [0.2, 0.25) is 0 Å². The average Bonchev–Trinajstić information content (AvgIpc) is 3.34. The van der Waals surface area contributed by atoms with E-state index in [0.717, 1.165) is 30.3 Å². The van der Waals surface area contributed by atoms with Crippen molar-refractivity contribution in [2.75, 3.05) is 27.2 Å². The van der Waals surface area contributed by atoms with Gasteiger partial charge < -0.3 is 19.7 Å². The Morgan fingerprint density at radius 1 is 1.14 bits per heavy atom. The molecular formula is C23H33N5S. The molecule has 5 nitrogen and oxygen atoms in total. The maximum atomic E-state index is 5.81. The molecule has 1 saturated heterocycles. The van der Waals surface area contributed by atoms with E-state index in [9.17, 15) is 0 Å². The highest BCUT2D eigenvalue weighted by atomic mass is 32.1. The van der Waals surface area contributed by atoms with Crippen LogP contribution in [0.3, 0.4) is 0 Å². The molecule has 0 aromatic carbocycles. The number of rotatable bonds is 7. The molecule has 0 bridgehead atoms. The first-order chi connectivity index (χ1) is 14.1. The smallest absolute Gasteiger partial charge is 0.170 e. The van der Waals surface area contributed by atoms with E-state index < -0.39 is 0 Å². The highest BCUT2D eigenvalue weighted by Gasteiger charge is 2.41. The van der Waals surface area contributed by atoms with E-state index in [1.54, 1.807) is 0 Å². The third kappa shape index (κ3) is 4.48. The molecule has 1 saturated carbocycles. The predicted molar refractivity (Wildman–Crippen MR) is 122 cm³/mol. The molecular weight excluding hydrogens is 378 g/mol. The Hall–Kier alpha value is -1.92. The lowest BCUT2D eigenvalue weighted by molar-refractivity contribution is 0.267. The molecule has 1 aliphatic heterocycles. The van der Waals surface area contributed by atoms with Crippen LogP contribution in [0.5, 0.6) is 0 Å². The molecule has 0 amide bonds. The normalized spacial score (nSPS) is 23.0. The first-order valence-electron chi connectivity index (χ1n) is 10.9. The summed E-state index contributed by atoms with van der Waals surface area (Å²) in [4.78, 5) is 9.31. The van der Waals surface area contributed by atoms with Crippen molar-refractivity contribution in [1.29, 1.82) is 0 Å². The molecule has 2 aromatic rings. The molecule has 2 atom stereocenters. The Balaban J connectivity index is 1.66. The lowest BCUT2D eigenvalue weighted by Crippen LogP contribution is -2.33. The fraction of sp³-hybridized carbons (Fsp3) is 0.565. The van der Waals surface area contributed by atoms with Gasteiger partial charge in [0.2, 0.25) is 0 Å². The van der Waals surface area contributed by atoms with Gasteiger partial charge in [-0.2, -0.15) is 0 Å². The SMILES string of the molecule is CN(C)CCCN1C(=S)N[C@@H](c2ccccn2)[C@@H]1c1cccn1C1CCCCC1. The molecule has 0 spiro atoms. The van der Waals surface area contributed by atoms with Crippen molar-refractivity contribution in [2.45, 2.75) is 56.7 Å². The average molecular weight is 412 g/mol. The van der Waals surface area contributed by atoms with E-state index >= 15 is 0 Å². The van der Waals surface area contributed by atoms with Gasteiger partial charge in [-0.3, -0.25) is 4.98 Å². The highest BCUT2D eigenvalue weighted by Crippen LogP contribution is 2.41. The standard InChI is InChI=1S/C23H33N5S/c1-26(2)15-9-17-28-22(21(25-23(28)29)19-12-6-7-14-24-19)20-13-8-16-27(20)18-10-4-3-5-11-18/h6-8,12-14,16,18,21-22H,3-5,9-11,15,17H2,1-2H3,(H,25,29)/t21-,22-/m0/s1. The lowest BCUT2D eigenvalue weighted by atomic mass is 9.94. The number of aromatic nitrogens is 2. The molecule has 3 heterocycles. The molecule has 2 aliphatic rings. The number of hydrogen-bond donors (Lipinski definition) is 1.